The van der Waals surface area contributed by atoms with Crippen molar-refractivity contribution in [2.24, 2.45) is 0 Å². The number of hydrogen-bond donors (Lipinski definition) is 3. The summed E-state index contributed by atoms with van der Waals surface area (Å²) in [6.07, 6.45) is -1.21. The first-order chi connectivity index (χ1) is 10.2. The van der Waals surface area contributed by atoms with Crippen LogP contribution in [0.4, 0.5) is 4.79 Å². The quantitative estimate of drug-likeness (QED) is 0.565. The van der Waals surface area contributed by atoms with Gasteiger partial charge in [0.15, 0.2) is 6.23 Å². The Morgan fingerprint density at radius 2 is 2.05 bits per heavy atom. The summed E-state index contributed by atoms with van der Waals surface area (Å²) >= 11 is 0. The smallest absolute Gasteiger partial charge is 0.407 e. The van der Waals surface area contributed by atoms with Gasteiger partial charge in [-0.3, -0.25) is 4.79 Å². The zero-order valence-corrected chi connectivity index (χ0v) is 13.0. The first-order valence-corrected chi connectivity index (χ1v) is 7.07. The van der Waals surface area contributed by atoms with Gasteiger partial charge in [-0.2, -0.15) is 0 Å². The third kappa shape index (κ3) is 6.72. The van der Waals surface area contributed by atoms with Gasteiger partial charge < -0.3 is 25.3 Å². The number of alkyl carbamates (subject to hydrolysis) is 1. The second-order valence-corrected chi connectivity index (χ2v) is 5.81. The van der Waals surface area contributed by atoms with Crippen molar-refractivity contribution in [2.75, 3.05) is 19.6 Å². The van der Waals surface area contributed by atoms with Gasteiger partial charge in [-0.05, 0) is 20.8 Å². The molecule has 0 saturated carbocycles. The van der Waals surface area contributed by atoms with Crippen molar-refractivity contribution < 1.29 is 29.1 Å². The van der Waals surface area contributed by atoms with Gasteiger partial charge in [-0.1, -0.05) is 0 Å². The fourth-order valence-corrected chi connectivity index (χ4v) is 1.66. The number of hydroxylamine groups is 2. The van der Waals surface area contributed by atoms with Crippen LogP contribution >= 0.6 is 0 Å². The third-order valence-electron chi connectivity index (χ3n) is 2.57. The van der Waals surface area contributed by atoms with E-state index >= 15 is 0 Å². The normalized spacial score (nSPS) is 18.3. The standard InChI is InChI=1S/C13H23N3O6/c1-13(2,3)21-12(20)15-7-6-14-8-11(19)22-16-9(17)4-5-10(16)18/h9,14,17H,4-8H2,1-3H3,(H,15,20). The van der Waals surface area contributed by atoms with Crippen LogP contribution in [0.1, 0.15) is 33.6 Å². The zero-order chi connectivity index (χ0) is 16.8. The largest absolute Gasteiger partial charge is 0.444 e. The molecule has 0 spiro atoms. The number of hydrogen-bond acceptors (Lipinski definition) is 7. The predicted octanol–water partition coefficient (Wildman–Crippen LogP) is -0.500. The van der Waals surface area contributed by atoms with Gasteiger partial charge >= 0.3 is 12.1 Å². The Kier molecular flexibility index (Phi) is 6.57. The van der Waals surface area contributed by atoms with E-state index in [4.69, 9.17) is 9.57 Å². The van der Waals surface area contributed by atoms with Gasteiger partial charge in [0.2, 0.25) is 0 Å². The number of carbonyl (C=O) groups is 3. The molecule has 1 aliphatic rings. The minimum atomic E-state index is -1.08. The summed E-state index contributed by atoms with van der Waals surface area (Å²) in [4.78, 5) is 38.8. The van der Waals surface area contributed by atoms with Crippen molar-refractivity contribution in [3.05, 3.63) is 0 Å². The molecule has 0 aromatic heterocycles. The van der Waals surface area contributed by atoms with Crippen LogP contribution in [-0.4, -0.2) is 59.6 Å². The Hall–Kier alpha value is -1.87. The van der Waals surface area contributed by atoms with Gasteiger partial charge in [-0.25, -0.2) is 9.59 Å². The minimum Gasteiger partial charge on any atom is -0.444 e. The van der Waals surface area contributed by atoms with Gasteiger partial charge in [0.05, 0.1) is 6.54 Å². The van der Waals surface area contributed by atoms with E-state index in [1.54, 1.807) is 20.8 Å². The molecule has 1 saturated heterocycles. The van der Waals surface area contributed by atoms with Crippen LogP contribution in [0.25, 0.3) is 0 Å². The molecule has 0 aromatic rings. The third-order valence-corrected chi connectivity index (χ3v) is 2.57. The second kappa shape index (κ2) is 7.95. The molecule has 3 N–H and O–H groups in total. The molecule has 1 aliphatic heterocycles. The summed E-state index contributed by atoms with van der Waals surface area (Å²) in [6, 6.07) is 0. The van der Waals surface area contributed by atoms with Crippen LogP contribution in [0.3, 0.4) is 0 Å². The summed E-state index contributed by atoms with van der Waals surface area (Å²) in [5.74, 6) is -1.11. The molecule has 126 valence electrons. The molecule has 9 nitrogen and oxygen atoms in total. The first kappa shape index (κ1) is 18.2. The molecule has 0 aliphatic carbocycles. The molecule has 22 heavy (non-hydrogen) atoms. The van der Waals surface area contributed by atoms with Gasteiger partial charge in [0, 0.05) is 25.9 Å². The van der Waals surface area contributed by atoms with Crippen LogP contribution in [0.2, 0.25) is 0 Å². The topological polar surface area (TPSA) is 117 Å². The van der Waals surface area contributed by atoms with Crippen LogP contribution in [-0.2, 0) is 19.2 Å². The average molecular weight is 317 g/mol. The van der Waals surface area contributed by atoms with Crippen molar-refractivity contribution in [3.63, 3.8) is 0 Å². The fourth-order valence-electron chi connectivity index (χ4n) is 1.66. The number of nitrogens with zero attached hydrogens (tertiary/aromatic N) is 1. The summed E-state index contributed by atoms with van der Waals surface area (Å²) in [5, 5.41) is 15.4. The Morgan fingerprint density at radius 3 is 2.59 bits per heavy atom. The van der Waals surface area contributed by atoms with Gasteiger partial charge in [0.25, 0.3) is 5.91 Å². The number of aliphatic hydroxyl groups excluding tert-OH is 1. The monoisotopic (exact) mass is 317 g/mol. The molecule has 0 bridgehead atoms. The number of amides is 2. The lowest BCUT2D eigenvalue weighted by atomic mass is 10.2. The highest BCUT2D eigenvalue weighted by atomic mass is 16.7. The van der Waals surface area contributed by atoms with Crippen molar-refractivity contribution in [3.8, 4) is 0 Å². The van der Waals surface area contributed by atoms with E-state index in [0.29, 0.717) is 11.6 Å². The molecule has 1 unspecified atom stereocenters. The maximum atomic E-state index is 11.5. The van der Waals surface area contributed by atoms with Crippen LogP contribution in [0.5, 0.6) is 0 Å². The Bertz CT molecular complexity index is 420. The Morgan fingerprint density at radius 1 is 1.36 bits per heavy atom. The molecule has 1 rings (SSSR count). The van der Waals surface area contributed by atoms with E-state index < -0.39 is 29.8 Å². The average Bonchev–Trinajstić information content (AvgIpc) is 2.68. The molecule has 9 heteroatoms. The number of nitrogens with one attached hydrogen (secondary N) is 2. The Labute approximate surface area is 128 Å². The van der Waals surface area contributed by atoms with E-state index in [9.17, 15) is 19.5 Å². The Balaban J connectivity index is 2.10. The van der Waals surface area contributed by atoms with E-state index in [1.807, 2.05) is 0 Å². The van der Waals surface area contributed by atoms with Crippen molar-refractivity contribution in [1.82, 2.24) is 15.7 Å². The number of rotatable bonds is 6. The van der Waals surface area contributed by atoms with E-state index in [1.165, 1.54) is 0 Å². The van der Waals surface area contributed by atoms with Crippen LogP contribution in [0, 0.1) is 0 Å². The highest BCUT2D eigenvalue weighted by Gasteiger charge is 2.32. The minimum absolute atomic E-state index is 0.146. The maximum Gasteiger partial charge on any atom is 0.407 e. The SMILES string of the molecule is CC(C)(C)OC(=O)NCCNCC(=O)ON1C(=O)CCC1O. The van der Waals surface area contributed by atoms with Crippen molar-refractivity contribution >= 4 is 18.0 Å². The summed E-state index contributed by atoms with van der Waals surface area (Å²) in [5.41, 5.74) is -0.565. The lowest BCUT2D eigenvalue weighted by Gasteiger charge is -2.20. The molecule has 1 fully saturated rings. The molecule has 1 atom stereocenters. The fraction of sp³-hybridized carbons (Fsp3) is 0.769. The van der Waals surface area contributed by atoms with Gasteiger partial charge in [0.1, 0.15) is 5.60 Å². The van der Waals surface area contributed by atoms with Crippen molar-refractivity contribution in [2.45, 2.75) is 45.4 Å². The molecule has 0 aromatic carbocycles. The van der Waals surface area contributed by atoms with Crippen LogP contribution < -0.4 is 10.6 Å². The number of carbonyl (C=O) groups excluding carboxylic acids is 3. The molecule has 2 amide bonds. The van der Waals surface area contributed by atoms with E-state index in [2.05, 4.69) is 10.6 Å². The van der Waals surface area contributed by atoms with E-state index in [0.717, 1.165) is 0 Å². The predicted molar refractivity (Wildman–Crippen MR) is 75.3 cm³/mol. The second-order valence-electron chi connectivity index (χ2n) is 5.81. The maximum absolute atomic E-state index is 11.5. The number of ether oxygens (including phenoxy) is 1. The number of aliphatic hydroxyl groups is 1. The first-order valence-electron chi connectivity index (χ1n) is 7.07. The summed E-state index contributed by atoms with van der Waals surface area (Å²) < 4.78 is 5.04. The molecular formula is C13H23N3O6. The lowest BCUT2D eigenvalue weighted by molar-refractivity contribution is -0.219. The summed E-state index contributed by atoms with van der Waals surface area (Å²) in [7, 11) is 0. The molecule has 0 radical (unpaired) electrons. The van der Waals surface area contributed by atoms with Crippen molar-refractivity contribution in [1.29, 1.82) is 0 Å². The molecular weight excluding hydrogens is 294 g/mol. The van der Waals surface area contributed by atoms with E-state index in [-0.39, 0.29) is 25.9 Å². The summed E-state index contributed by atoms with van der Waals surface area (Å²) in [6.45, 7) is 5.73. The lowest BCUT2D eigenvalue weighted by Crippen LogP contribution is -2.40. The highest BCUT2D eigenvalue weighted by Crippen LogP contribution is 2.16. The van der Waals surface area contributed by atoms with Crippen LogP contribution in [0.15, 0.2) is 0 Å². The highest BCUT2D eigenvalue weighted by molar-refractivity contribution is 5.80. The zero-order valence-electron chi connectivity index (χ0n) is 13.0. The molecule has 1 heterocycles. The van der Waals surface area contributed by atoms with Gasteiger partial charge in [-0.15, -0.1) is 5.06 Å².